The molecule has 0 radical (unpaired) electrons. The highest BCUT2D eigenvalue weighted by Gasteiger charge is 2.49. The van der Waals surface area contributed by atoms with Crippen LogP contribution < -0.4 is 9.62 Å². The molecular weight excluding hydrogens is 440 g/mol. The van der Waals surface area contributed by atoms with E-state index in [4.69, 9.17) is 11.4 Å². The Morgan fingerprint density at radius 3 is 2.61 bits per heavy atom. The van der Waals surface area contributed by atoms with Gasteiger partial charge >= 0.3 is 0 Å². The van der Waals surface area contributed by atoms with Crippen molar-refractivity contribution in [3.63, 3.8) is 0 Å². The maximum atomic E-state index is 13.7. The Kier molecular flexibility index (Phi) is 4.54. The van der Waals surface area contributed by atoms with Crippen LogP contribution in [0.4, 0.5) is 5.69 Å². The van der Waals surface area contributed by atoms with Crippen LogP contribution in [0.15, 0.2) is 40.5 Å². The van der Waals surface area contributed by atoms with E-state index in [1.807, 2.05) is 31.9 Å². The SMILES string of the molecule is C#C[C@H]1N2C(=NC1(C)C)N(Cc1cnn(C)c1)C(=O)c1cc(S(=O)(=O)NC3(C)CC3)ccc12. The van der Waals surface area contributed by atoms with Gasteiger partial charge in [-0.3, -0.25) is 19.3 Å². The normalized spacial score (nSPS) is 22.5. The molecule has 0 bridgehead atoms. The topological polar surface area (TPSA) is 99.9 Å². The van der Waals surface area contributed by atoms with Crippen molar-refractivity contribution in [1.29, 1.82) is 0 Å². The second kappa shape index (κ2) is 6.92. The van der Waals surface area contributed by atoms with E-state index in [0.717, 1.165) is 18.4 Å². The number of aliphatic imine (C=N–C) groups is 1. The zero-order chi connectivity index (χ0) is 23.8. The van der Waals surface area contributed by atoms with Crippen molar-refractivity contribution in [2.24, 2.45) is 12.0 Å². The highest BCUT2D eigenvalue weighted by molar-refractivity contribution is 7.89. The summed E-state index contributed by atoms with van der Waals surface area (Å²) in [5, 5.41) is 4.19. The number of sulfonamides is 1. The number of carbonyl (C=O) groups is 1. The second-order valence-electron chi connectivity index (χ2n) is 9.76. The van der Waals surface area contributed by atoms with E-state index < -0.39 is 27.1 Å². The van der Waals surface area contributed by atoms with E-state index in [2.05, 4.69) is 15.7 Å². The van der Waals surface area contributed by atoms with Crippen LogP contribution in [0.5, 0.6) is 0 Å². The van der Waals surface area contributed by atoms with Crippen LogP contribution in [0.25, 0.3) is 0 Å². The number of carbonyl (C=O) groups excluding carboxylic acids is 1. The summed E-state index contributed by atoms with van der Waals surface area (Å²) in [5.41, 5.74) is 0.613. The minimum atomic E-state index is -3.77. The van der Waals surface area contributed by atoms with Crippen LogP contribution in [-0.2, 0) is 23.6 Å². The number of fused-ring (bicyclic) bond motifs is 3. The Hall–Kier alpha value is -3.16. The van der Waals surface area contributed by atoms with Crippen LogP contribution in [0.1, 0.15) is 49.5 Å². The summed E-state index contributed by atoms with van der Waals surface area (Å²) in [6.45, 7) is 5.96. The molecule has 0 unspecified atom stereocenters. The highest BCUT2D eigenvalue weighted by atomic mass is 32.2. The van der Waals surface area contributed by atoms with E-state index in [1.54, 1.807) is 28.9 Å². The first kappa shape index (κ1) is 21.7. The number of benzene rings is 1. The smallest absolute Gasteiger partial charge is 0.263 e. The number of nitrogens with zero attached hydrogens (tertiary/aromatic N) is 5. The summed E-state index contributed by atoms with van der Waals surface area (Å²) < 4.78 is 30.4. The van der Waals surface area contributed by atoms with Crippen LogP contribution in [-0.4, -0.2) is 52.1 Å². The number of aryl methyl sites for hydroxylation is 1. The number of guanidine groups is 1. The summed E-state index contributed by atoms with van der Waals surface area (Å²) in [4.78, 5) is 21.9. The van der Waals surface area contributed by atoms with Gasteiger partial charge in [-0.25, -0.2) is 18.1 Å². The molecule has 33 heavy (non-hydrogen) atoms. The third-order valence-electron chi connectivity index (χ3n) is 6.42. The van der Waals surface area contributed by atoms with Gasteiger partial charge in [0.25, 0.3) is 5.91 Å². The van der Waals surface area contributed by atoms with E-state index >= 15 is 0 Å². The van der Waals surface area contributed by atoms with Gasteiger partial charge in [0.2, 0.25) is 16.0 Å². The van der Waals surface area contributed by atoms with Crippen LogP contribution in [0.3, 0.4) is 0 Å². The number of amides is 1. The minimum Gasteiger partial charge on any atom is -0.295 e. The molecule has 2 aliphatic heterocycles. The number of anilines is 1. The molecule has 2 aromatic rings. The molecule has 1 aliphatic carbocycles. The maximum Gasteiger partial charge on any atom is 0.263 e. The molecule has 3 aliphatic rings. The molecule has 9 nitrogen and oxygen atoms in total. The van der Waals surface area contributed by atoms with Gasteiger partial charge in [-0.15, -0.1) is 6.42 Å². The molecule has 5 rings (SSSR count). The van der Waals surface area contributed by atoms with Crippen molar-refractivity contribution < 1.29 is 13.2 Å². The average molecular weight is 467 g/mol. The predicted octanol–water partition coefficient (Wildman–Crippen LogP) is 1.86. The molecule has 1 amide bonds. The van der Waals surface area contributed by atoms with Gasteiger partial charge < -0.3 is 0 Å². The molecule has 1 atom stereocenters. The minimum absolute atomic E-state index is 0.0557. The number of aromatic nitrogens is 2. The third-order valence-corrected chi connectivity index (χ3v) is 8.06. The van der Waals surface area contributed by atoms with Gasteiger partial charge in [0, 0.05) is 24.3 Å². The zero-order valence-corrected chi connectivity index (χ0v) is 19.8. The summed E-state index contributed by atoms with van der Waals surface area (Å²) in [5.74, 6) is 2.94. The highest BCUT2D eigenvalue weighted by Crippen LogP contribution is 2.41. The van der Waals surface area contributed by atoms with E-state index in [0.29, 0.717) is 11.6 Å². The maximum absolute atomic E-state index is 13.7. The van der Waals surface area contributed by atoms with E-state index in [1.165, 1.54) is 12.1 Å². The lowest BCUT2D eigenvalue weighted by molar-refractivity contribution is 0.0833. The molecule has 1 N–H and O–H groups in total. The fourth-order valence-electron chi connectivity index (χ4n) is 4.37. The molecule has 1 aromatic carbocycles. The standard InChI is InChI=1S/C23H26N6O3S/c1-6-19-22(2,3)25-21-28(14-15-12-24-27(5)13-15)20(30)17-11-16(7-8-18(17)29(19)21)33(31,32)26-23(4)9-10-23/h1,7-8,11-13,19,26H,9-10,14H2,2-5H3/t19-/m1/s1. The van der Waals surface area contributed by atoms with Crippen molar-refractivity contribution in [3.05, 3.63) is 41.7 Å². The summed E-state index contributed by atoms with van der Waals surface area (Å²) in [6.07, 6.45) is 11.0. The summed E-state index contributed by atoms with van der Waals surface area (Å²) in [7, 11) is -1.97. The number of hydrogen-bond donors (Lipinski definition) is 1. The van der Waals surface area contributed by atoms with Gasteiger partial charge in [0.15, 0.2) is 0 Å². The van der Waals surface area contributed by atoms with Gasteiger partial charge in [-0.05, 0) is 51.8 Å². The van der Waals surface area contributed by atoms with E-state index in [-0.39, 0.29) is 22.9 Å². The third kappa shape index (κ3) is 3.52. The van der Waals surface area contributed by atoms with Gasteiger partial charge in [0.05, 0.1) is 34.4 Å². The van der Waals surface area contributed by atoms with Gasteiger partial charge in [-0.2, -0.15) is 5.10 Å². The summed E-state index contributed by atoms with van der Waals surface area (Å²) in [6, 6.07) is 4.19. The molecule has 0 saturated heterocycles. The van der Waals surface area contributed by atoms with Crippen molar-refractivity contribution >= 4 is 27.6 Å². The molecular formula is C23H26N6O3S. The Labute approximate surface area is 193 Å². The number of terminal acetylenes is 1. The monoisotopic (exact) mass is 466 g/mol. The lowest BCUT2D eigenvalue weighted by Crippen LogP contribution is -2.53. The lowest BCUT2D eigenvalue weighted by atomic mass is 9.95. The molecule has 0 spiro atoms. The predicted molar refractivity (Wildman–Crippen MR) is 124 cm³/mol. The van der Waals surface area contributed by atoms with Crippen LogP contribution >= 0.6 is 0 Å². The number of hydrogen-bond acceptors (Lipinski definition) is 6. The molecule has 1 aromatic heterocycles. The van der Waals surface area contributed by atoms with E-state index in [9.17, 15) is 13.2 Å². The number of nitrogens with one attached hydrogen (secondary N) is 1. The first-order valence-electron chi connectivity index (χ1n) is 10.8. The van der Waals surface area contributed by atoms with Gasteiger partial charge in [0.1, 0.15) is 6.04 Å². The van der Waals surface area contributed by atoms with Crippen molar-refractivity contribution in [1.82, 2.24) is 19.4 Å². The van der Waals surface area contributed by atoms with Crippen molar-refractivity contribution in [3.8, 4) is 12.3 Å². The van der Waals surface area contributed by atoms with Crippen LogP contribution in [0.2, 0.25) is 0 Å². The van der Waals surface area contributed by atoms with Crippen molar-refractivity contribution in [2.75, 3.05) is 4.90 Å². The Morgan fingerprint density at radius 1 is 1.27 bits per heavy atom. The molecule has 172 valence electrons. The first-order chi connectivity index (χ1) is 15.4. The van der Waals surface area contributed by atoms with Gasteiger partial charge in [-0.1, -0.05) is 5.92 Å². The fourth-order valence-corrected chi connectivity index (χ4v) is 5.86. The average Bonchev–Trinajstić information content (AvgIpc) is 3.18. The molecule has 1 saturated carbocycles. The summed E-state index contributed by atoms with van der Waals surface area (Å²) >= 11 is 0. The zero-order valence-electron chi connectivity index (χ0n) is 19.0. The quantitative estimate of drug-likeness (QED) is 0.678. The molecule has 1 fully saturated rings. The molecule has 10 heteroatoms. The number of rotatable bonds is 5. The lowest BCUT2D eigenvalue weighted by Gasteiger charge is -2.38. The molecule has 3 heterocycles. The fraction of sp³-hybridized carbons (Fsp3) is 0.435. The van der Waals surface area contributed by atoms with Crippen molar-refractivity contribution in [2.45, 2.75) is 62.2 Å². The largest absolute Gasteiger partial charge is 0.295 e. The Morgan fingerprint density at radius 2 is 2.00 bits per heavy atom. The Bertz CT molecular complexity index is 1350. The first-order valence-corrected chi connectivity index (χ1v) is 12.3. The second-order valence-corrected chi connectivity index (χ2v) is 11.4. The Balaban J connectivity index is 1.62. The van der Waals surface area contributed by atoms with Crippen LogP contribution in [0, 0.1) is 12.3 Å².